The Labute approximate surface area is 110 Å². The van der Waals surface area contributed by atoms with E-state index in [-0.39, 0.29) is 16.4 Å². The first-order valence-corrected chi connectivity index (χ1v) is 5.83. The number of rotatable bonds is 4. The summed E-state index contributed by atoms with van der Waals surface area (Å²) in [7, 11) is 0. The molecule has 0 saturated carbocycles. The average molecular weight is 258 g/mol. The summed E-state index contributed by atoms with van der Waals surface area (Å²) >= 11 is 0. The first kappa shape index (κ1) is 12.9. The average Bonchev–Trinajstić information content (AvgIpc) is 2.38. The van der Waals surface area contributed by atoms with Gasteiger partial charge in [-0.25, -0.2) is 0 Å². The number of hydrogen-bond acceptors (Lipinski definition) is 4. The number of aryl methyl sites for hydroxylation is 1. The number of anilines is 1. The second-order valence-corrected chi connectivity index (χ2v) is 4.24. The van der Waals surface area contributed by atoms with Crippen LogP contribution in [0.25, 0.3) is 0 Å². The van der Waals surface area contributed by atoms with Gasteiger partial charge in [0.05, 0.1) is 4.92 Å². The molecule has 0 unspecified atom stereocenters. The van der Waals surface area contributed by atoms with Gasteiger partial charge in [-0.2, -0.15) is 0 Å². The molecule has 0 aromatic heterocycles. The van der Waals surface area contributed by atoms with Crippen LogP contribution in [-0.2, 0) is 6.54 Å². The predicted molar refractivity (Wildman–Crippen MR) is 73.3 cm³/mol. The number of phenols is 1. The lowest BCUT2D eigenvalue weighted by Gasteiger charge is -2.10. The molecule has 2 aromatic rings. The second-order valence-electron chi connectivity index (χ2n) is 4.24. The van der Waals surface area contributed by atoms with Crippen LogP contribution in [0.5, 0.6) is 5.75 Å². The van der Waals surface area contributed by atoms with Crippen molar-refractivity contribution in [3.63, 3.8) is 0 Å². The predicted octanol–water partition coefficient (Wildman–Crippen LogP) is 3.22. The Kier molecular flexibility index (Phi) is 3.66. The Morgan fingerprint density at radius 1 is 1.26 bits per heavy atom. The molecule has 5 heteroatoms. The molecule has 0 heterocycles. The molecular weight excluding hydrogens is 244 g/mol. The standard InChI is InChI=1S/C14H14N2O3/c1-10-8-12(17)6-7-13(10)15-9-11-4-2-3-5-14(11)16(18)19/h2-8,15,17H,9H2,1H3. The van der Waals surface area contributed by atoms with E-state index in [0.717, 1.165) is 11.3 Å². The molecule has 98 valence electrons. The summed E-state index contributed by atoms with van der Waals surface area (Å²) in [6.07, 6.45) is 0. The fraction of sp³-hybridized carbons (Fsp3) is 0.143. The summed E-state index contributed by atoms with van der Waals surface area (Å²) in [5.74, 6) is 0.203. The number of hydrogen-bond donors (Lipinski definition) is 2. The molecule has 2 N–H and O–H groups in total. The van der Waals surface area contributed by atoms with Crippen molar-refractivity contribution in [2.24, 2.45) is 0 Å². The molecule has 0 aliphatic heterocycles. The maximum atomic E-state index is 10.9. The van der Waals surface area contributed by atoms with Crippen LogP contribution < -0.4 is 5.32 Å². The highest BCUT2D eigenvalue weighted by Crippen LogP contribution is 2.23. The molecule has 0 aliphatic rings. The van der Waals surface area contributed by atoms with Gasteiger partial charge in [0.25, 0.3) is 5.69 Å². The molecule has 0 bridgehead atoms. The third kappa shape index (κ3) is 3.01. The van der Waals surface area contributed by atoms with E-state index in [9.17, 15) is 15.2 Å². The minimum atomic E-state index is -0.388. The van der Waals surface area contributed by atoms with Crippen LogP contribution in [-0.4, -0.2) is 10.0 Å². The molecule has 0 aliphatic carbocycles. The molecule has 2 aromatic carbocycles. The zero-order chi connectivity index (χ0) is 13.8. The Balaban J connectivity index is 2.17. The molecule has 2 rings (SSSR count). The van der Waals surface area contributed by atoms with Crippen molar-refractivity contribution in [1.82, 2.24) is 0 Å². The zero-order valence-corrected chi connectivity index (χ0v) is 10.5. The minimum Gasteiger partial charge on any atom is -0.508 e. The fourth-order valence-electron chi connectivity index (χ4n) is 1.88. The van der Waals surface area contributed by atoms with Gasteiger partial charge in [-0.15, -0.1) is 0 Å². The van der Waals surface area contributed by atoms with Crippen LogP contribution in [0.3, 0.4) is 0 Å². The Morgan fingerprint density at radius 3 is 2.68 bits per heavy atom. The molecular formula is C14H14N2O3. The summed E-state index contributed by atoms with van der Waals surface area (Å²) in [6.45, 7) is 2.23. The summed E-state index contributed by atoms with van der Waals surface area (Å²) in [5, 5.41) is 23.3. The number of nitro groups is 1. The number of phenolic OH excluding ortho intramolecular Hbond substituents is 1. The van der Waals surface area contributed by atoms with Crippen LogP contribution >= 0.6 is 0 Å². The van der Waals surface area contributed by atoms with Crippen LogP contribution in [0.15, 0.2) is 42.5 Å². The quantitative estimate of drug-likeness (QED) is 0.501. The third-order valence-electron chi connectivity index (χ3n) is 2.87. The number of nitrogens with one attached hydrogen (secondary N) is 1. The first-order chi connectivity index (χ1) is 9.08. The normalized spacial score (nSPS) is 10.2. The van der Waals surface area contributed by atoms with Gasteiger partial charge in [0.15, 0.2) is 0 Å². The van der Waals surface area contributed by atoms with E-state index in [4.69, 9.17) is 0 Å². The molecule has 0 spiro atoms. The fourth-order valence-corrected chi connectivity index (χ4v) is 1.88. The molecule has 5 nitrogen and oxygen atoms in total. The van der Waals surface area contributed by atoms with Gasteiger partial charge in [-0.3, -0.25) is 10.1 Å². The number of aromatic hydroxyl groups is 1. The summed E-state index contributed by atoms with van der Waals surface area (Å²) in [6, 6.07) is 11.6. The van der Waals surface area contributed by atoms with Crippen LogP contribution in [0, 0.1) is 17.0 Å². The van der Waals surface area contributed by atoms with Gasteiger partial charge < -0.3 is 10.4 Å². The van der Waals surface area contributed by atoms with Crippen molar-refractivity contribution in [1.29, 1.82) is 0 Å². The van der Waals surface area contributed by atoms with E-state index in [2.05, 4.69) is 5.32 Å². The van der Waals surface area contributed by atoms with E-state index in [1.54, 1.807) is 36.4 Å². The highest BCUT2D eigenvalue weighted by molar-refractivity contribution is 5.54. The van der Waals surface area contributed by atoms with Crippen molar-refractivity contribution < 1.29 is 10.0 Å². The summed E-state index contributed by atoms with van der Waals surface area (Å²) < 4.78 is 0. The summed E-state index contributed by atoms with van der Waals surface area (Å²) in [5.41, 5.74) is 2.46. The molecule has 0 radical (unpaired) electrons. The smallest absolute Gasteiger partial charge is 0.274 e. The highest BCUT2D eigenvalue weighted by atomic mass is 16.6. The lowest BCUT2D eigenvalue weighted by Crippen LogP contribution is -2.03. The van der Waals surface area contributed by atoms with Crippen molar-refractivity contribution >= 4 is 11.4 Å². The monoisotopic (exact) mass is 258 g/mol. The lowest BCUT2D eigenvalue weighted by atomic mass is 10.1. The van der Waals surface area contributed by atoms with E-state index in [1.807, 2.05) is 6.92 Å². The molecule has 19 heavy (non-hydrogen) atoms. The van der Waals surface area contributed by atoms with Crippen LogP contribution in [0.1, 0.15) is 11.1 Å². The topological polar surface area (TPSA) is 75.4 Å². The molecule has 0 fully saturated rings. The lowest BCUT2D eigenvalue weighted by molar-refractivity contribution is -0.385. The highest BCUT2D eigenvalue weighted by Gasteiger charge is 2.11. The number of benzene rings is 2. The maximum absolute atomic E-state index is 10.9. The number of nitro benzene ring substituents is 1. The van der Waals surface area contributed by atoms with Crippen LogP contribution in [0.4, 0.5) is 11.4 Å². The van der Waals surface area contributed by atoms with Crippen molar-refractivity contribution in [2.45, 2.75) is 13.5 Å². The van der Waals surface area contributed by atoms with Crippen molar-refractivity contribution in [2.75, 3.05) is 5.32 Å². The van der Waals surface area contributed by atoms with Gasteiger partial charge in [0.1, 0.15) is 5.75 Å². The van der Waals surface area contributed by atoms with Gasteiger partial charge in [-0.05, 0) is 30.7 Å². The van der Waals surface area contributed by atoms with Gasteiger partial charge in [-0.1, -0.05) is 18.2 Å². The van der Waals surface area contributed by atoms with Gasteiger partial charge in [0, 0.05) is 23.9 Å². The molecule has 0 amide bonds. The van der Waals surface area contributed by atoms with Crippen LogP contribution in [0.2, 0.25) is 0 Å². The van der Waals surface area contributed by atoms with Gasteiger partial charge in [0.2, 0.25) is 0 Å². The molecule has 0 saturated heterocycles. The molecule has 0 atom stereocenters. The number of para-hydroxylation sites is 1. The largest absolute Gasteiger partial charge is 0.508 e. The van der Waals surface area contributed by atoms with Crippen molar-refractivity contribution in [3.8, 4) is 5.75 Å². The zero-order valence-electron chi connectivity index (χ0n) is 10.5. The Morgan fingerprint density at radius 2 is 2.00 bits per heavy atom. The van der Waals surface area contributed by atoms with E-state index in [0.29, 0.717) is 12.1 Å². The minimum absolute atomic E-state index is 0.103. The number of nitrogens with zero attached hydrogens (tertiary/aromatic N) is 1. The van der Waals surface area contributed by atoms with Gasteiger partial charge >= 0.3 is 0 Å². The third-order valence-corrected chi connectivity index (χ3v) is 2.87. The Bertz CT molecular complexity index is 611. The summed E-state index contributed by atoms with van der Waals surface area (Å²) in [4.78, 5) is 10.5. The van der Waals surface area contributed by atoms with E-state index in [1.165, 1.54) is 6.07 Å². The van der Waals surface area contributed by atoms with E-state index < -0.39 is 0 Å². The maximum Gasteiger partial charge on any atom is 0.274 e. The Hall–Kier alpha value is -2.56. The van der Waals surface area contributed by atoms with E-state index >= 15 is 0 Å². The van der Waals surface area contributed by atoms with Crippen molar-refractivity contribution in [3.05, 3.63) is 63.7 Å². The first-order valence-electron chi connectivity index (χ1n) is 5.83. The SMILES string of the molecule is Cc1cc(O)ccc1NCc1ccccc1[N+](=O)[O-]. The second kappa shape index (κ2) is 5.39.